The van der Waals surface area contributed by atoms with E-state index in [4.69, 9.17) is 4.74 Å². The Morgan fingerprint density at radius 1 is 1.17 bits per heavy atom. The van der Waals surface area contributed by atoms with Crippen molar-refractivity contribution in [3.8, 4) is 0 Å². The van der Waals surface area contributed by atoms with E-state index in [1.165, 1.54) is 11.3 Å². The zero-order valence-electron chi connectivity index (χ0n) is 15.3. The van der Waals surface area contributed by atoms with E-state index >= 15 is 0 Å². The fourth-order valence-corrected chi connectivity index (χ4v) is 3.93. The zero-order valence-corrected chi connectivity index (χ0v) is 16.9. The van der Waals surface area contributed by atoms with Crippen molar-refractivity contribution in [1.29, 1.82) is 0 Å². The van der Waals surface area contributed by atoms with Crippen molar-refractivity contribution < 1.29 is 9.53 Å². The molecule has 1 unspecified atom stereocenters. The number of thiazole rings is 2. The van der Waals surface area contributed by atoms with Crippen LogP contribution in [0.3, 0.4) is 0 Å². The monoisotopic (exact) mass is 366 g/mol. The molecule has 2 heterocycles. The number of carbonyl (C=O) groups excluding carboxylic acids is 1. The van der Waals surface area contributed by atoms with Crippen molar-refractivity contribution >= 4 is 28.6 Å². The highest BCUT2D eigenvalue weighted by molar-refractivity contribution is 7.11. The molecule has 2 aromatic rings. The lowest BCUT2D eigenvalue weighted by atomic mass is 9.93. The standard InChI is InChI=1S/C18H26N2O2S2/c1-11(2)15-19-13(9-23-15)12(3)7-8-22-17(21)16-20-14(10-24-16)18(4,5)6/h9-12H,7-8H2,1-6H3. The van der Waals surface area contributed by atoms with Crippen molar-refractivity contribution in [3.05, 3.63) is 32.2 Å². The number of ether oxygens (including phenoxy) is 1. The second kappa shape index (κ2) is 7.74. The maximum atomic E-state index is 12.1. The number of hydrogen-bond acceptors (Lipinski definition) is 6. The molecule has 0 saturated heterocycles. The number of hydrogen-bond donors (Lipinski definition) is 0. The van der Waals surface area contributed by atoms with Gasteiger partial charge in [0, 0.05) is 28.0 Å². The number of esters is 1. The number of nitrogens with zero attached hydrogens (tertiary/aromatic N) is 2. The molecular weight excluding hydrogens is 340 g/mol. The fourth-order valence-electron chi connectivity index (χ4n) is 2.04. The maximum absolute atomic E-state index is 12.1. The summed E-state index contributed by atoms with van der Waals surface area (Å²) in [6.45, 7) is 13.0. The van der Waals surface area contributed by atoms with E-state index < -0.39 is 0 Å². The Kier molecular flexibility index (Phi) is 6.15. The molecule has 6 heteroatoms. The van der Waals surface area contributed by atoms with Crippen LogP contribution in [0.25, 0.3) is 0 Å². The SMILES string of the molecule is CC(C)c1nc(C(C)CCOC(=O)c2nc(C(C)(C)C)cs2)cs1. The summed E-state index contributed by atoms with van der Waals surface area (Å²) in [4.78, 5) is 21.2. The fraction of sp³-hybridized carbons (Fsp3) is 0.611. The first-order valence-electron chi connectivity index (χ1n) is 8.27. The smallest absolute Gasteiger partial charge is 0.367 e. The van der Waals surface area contributed by atoms with Gasteiger partial charge in [-0.25, -0.2) is 14.8 Å². The Bertz CT molecular complexity index is 683. The Hall–Kier alpha value is -1.27. The van der Waals surface area contributed by atoms with Crippen LogP contribution < -0.4 is 0 Å². The first-order chi connectivity index (χ1) is 11.2. The predicted octanol–water partition coefficient (Wildman–Crippen LogP) is 5.37. The summed E-state index contributed by atoms with van der Waals surface area (Å²) in [5, 5.41) is 5.63. The normalized spacial score (nSPS) is 13.3. The van der Waals surface area contributed by atoms with Gasteiger partial charge in [-0.1, -0.05) is 41.5 Å². The van der Waals surface area contributed by atoms with Gasteiger partial charge in [0.25, 0.3) is 0 Å². The minimum absolute atomic E-state index is 0.0533. The zero-order chi connectivity index (χ0) is 17.9. The van der Waals surface area contributed by atoms with E-state index in [-0.39, 0.29) is 17.3 Å². The lowest BCUT2D eigenvalue weighted by Gasteiger charge is -2.14. The van der Waals surface area contributed by atoms with Crippen LogP contribution in [0.15, 0.2) is 10.8 Å². The summed E-state index contributed by atoms with van der Waals surface area (Å²) in [6.07, 6.45) is 0.768. The molecule has 132 valence electrons. The molecule has 0 amide bonds. The molecule has 2 aromatic heterocycles. The van der Waals surface area contributed by atoms with Crippen molar-refractivity contribution in [1.82, 2.24) is 9.97 Å². The van der Waals surface area contributed by atoms with Crippen LogP contribution in [0, 0.1) is 0 Å². The summed E-state index contributed by atoms with van der Waals surface area (Å²) >= 11 is 3.05. The molecule has 0 aliphatic heterocycles. The molecule has 0 spiro atoms. The van der Waals surface area contributed by atoms with Crippen molar-refractivity contribution in [2.75, 3.05) is 6.61 Å². The van der Waals surface area contributed by atoms with Crippen LogP contribution >= 0.6 is 22.7 Å². The molecule has 0 aromatic carbocycles. The summed E-state index contributed by atoms with van der Waals surface area (Å²) in [5.74, 6) is 0.405. The maximum Gasteiger partial charge on any atom is 0.367 e. The molecule has 0 N–H and O–H groups in total. The quantitative estimate of drug-likeness (QED) is 0.645. The van der Waals surface area contributed by atoms with Gasteiger partial charge in [-0.15, -0.1) is 22.7 Å². The molecule has 0 fully saturated rings. The number of carbonyl (C=O) groups is 1. The number of rotatable bonds is 6. The predicted molar refractivity (Wildman–Crippen MR) is 100 cm³/mol. The van der Waals surface area contributed by atoms with Crippen LogP contribution in [0.4, 0.5) is 0 Å². The van der Waals surface area contributed by atoms with E-state index in [0.29, 0.717) is 17.5 Å². The van der Waals surface area contributed by atoms with Crippen molar-refractivity contribution in [2.24, 2.45) is 0 Å². The first-order valence-corrected chi connectivity index (χ1v) is 10.0. The molecule has 0 aliphatic carbocycles. The van der Waals surface area contributed by atoms with E-state index in [1.807, 2.05) is 5.38 Å². The summed E-state index contributed by atoms with van der Waals surface area (Å²) in [5.41, 5.74) is 1.96. The average Bonchev–Trinajstić information content (AvgIpc) is 3.16. The Labute approximate surface area is 152 Å². The summed E-state index contributed by atoms with van der Waals surface area (Å²) in [7, 11) is 0. The van der Waals surface area contributed by atoms with Gasteiger partial charge in [0.15, 0.2) is 0 Å². The van der Waals surface area contributed by atoms with Crippen LogP contribution in [0.5, 0.6) is 0 Å². The van der Waals surface area contributed by atoms with E-state index in [9.17, 15) is 4.79 Å². The molecule has 0 radical (unpaired) electrons. The molecule has 0 bridgehead atoms. The van der Waals surface area contributed by atoms with Crippen molar-refractivity contribution in [3.63, 3.8) is 0 Å². The third-order valence-electron chi connectivity index (χ3n) is 3.77. The van der Waals surface area contributed by atoms with Crippen LogP contribution in [-0.2, 0) is 10.2 Å². The van der Waals surface area contributed by atoms with Gasteiger partial charge >= 0.3 is 5.97 Å². The average molecular weight is 367 g/mol. The Morgan fingerprint density at radius 3 is 2.42 bits per heavy atom. The summed E-state index contributed by atoms with van der Waals surface area (Å²) in [6, 6.07) is 0. The third-order valence-corrected chi connectivity index (χ3v) is 5.76. The molecular formula is C18H26N2O2S2. The Balaban J connectivity index is 1.84. The van der Waals surface area contributed by atoms with Gasteiger partial charge in [0.05, 0.1) is 23.0 Å². The van der Waals surface area contributed by atoms with Gasteiger partial charge in [0.1, 0.15) is 0 Å². The molecule has 24 heavy (non-hydrogen) atoms. The van der Waals surface area contributed by atoms with Crippen LogP contribution in [0.1, 0.15) is 86.0 Å². The minimum Gasteiger partial charge on any atom is -0.460 e. The molecule has 2 rings (SSSR count). The lowest BCUT2D eigenvalue weighted by molar-refractivity contribution is 0.0493. The second-order valence-corrected chi connectivity index (χ2v) is 9.13. The topological polar surface area (TPSA) is 52.1 Å². The molecule has 1 atom stereocenters. The largest absolute Gasteiger partial charge is 0.460 e. The molecule has 0 aliphatic rings. The van der Waals surface area contributed by atoms with Gasteiger partial charge in [0.2, 0.25) is 5.01 Å². The highest BCUT2D eigenvalue weighted by atomic mass is 32.1. The highest BCUT2D eigenvalue weighted by Crippen LogP contribution is 2.26. The first kappa shape index (κ1) is 19.1. The van der Waals surface area contributed by atoms with Gasteiger partial charge in [-0.3, -0.25) is 0 Å². The van der Waals surface area contributed by atoms with Gasteiger partial charge in [-0.05, 0) is 6.42 Å². The minimum atomic E-state index is -0.330. The van der Waals surface area contributed by atoms with E-state index in [1.54, 1.807) is 11.3 Å². The Morgan fingerprint density at radius 2 is 1.88 bits per heavy atom. The lowest BCUT2D eigenvalue weighted by Crippen LogP contribution is -2.13. The van der Waals surface area contributed by atoms with Crippen LogP contribution in [0.2, 0.25) is 0 Å². The molecule has 4 nitrogen and oxygen atoms in total. The third kappa shape index (κ3) is 4.86. The van der Waals surface area contributed by atoms with E-state index in [0.717, 1.165) is 22.8 Å². The van der Waals surface area contributed by atoms with E-state index in [2.05, 4.69) is 56.9 Å². The van der Waals surface area contributed by atoms with Gasteiger partial charge < -0.3 is 4.74 Å². The van der Waals surface area contributed by atoms with Crippen LogP contribution in [-0.4, -0.2) is 22.5 Å². The van der Waals surface area contributed by atoms with Gasteiger partial charge in [-0.2, -0.15) is 0 Å². The van der Waals surface area contributed by atoms with Crippen molar-refractivity contribution in [2.45, 2.75) is 65.2 Å². The second-order valence-electron chi connectivity index (χ2n) is 7.38. The highest BCUT2D eigenvalue weighted by Gasteiger charge is 2.21. The summed E-state index contributed by atoms with van der Waals surface area (Å²) < 4.78 is 5.39. The number of aromatic nitrogens is 2. The molecule has 0 saturated carbocycles.